The van der Waals surface area contributed by atoms with Gasteiger partial charge >= 0.3 is 0 Å². The van der Waals surface area contributed by atoms with Crippen molar-refractivity contribution < 1.29 is 0 Å². The molecule has 0 atom stereocenters. The fourth-order valence-electron chi connectivity index (χ4n) is 5.81. The van der Waals surface area contributed by atoms with E-state index in [9.17, 15) is 4.79 Å². The van der Waals surface area contributed by atoms with Gasteiger partial charge in [0.2, 0.25) is 0 Å². The zero-order valence-electron chi connectivity index (χ0n) is 20.7. The minimum atomic E-state index is -0.110. The minimum Gasteiger partial charge on any atom is -0.309 e. The van der Waals surface area contributed by atoms with E-state index in [1.54, 1.807) is 11.3 Å². The molecule has 0 radical (unpaired) electrons. The van der Waals surface area contributed by atoms with Crippen LogP contribution in [0.5, 0.6) is 0 Å². The molecule has 0 unspecified atom stereocenters. The number of hydrogen-bond donors (Lipinski definition) is 0. The summed E-state index contributed by atoms with van der Waals surface area (Å²) in [4.78, 5) is 15.8. The molecule has 178 valence electrons. The molecular formula is C34H25NOS. The van der Waals surface area contributed by atoms with Crippen LogP contribution < -0.4 is 10.3 Å². The number of rotatable bonds is 2. The third-order valence-electron chi connectivity index (χ3n) is 7.67. The fourth-order valence-corrected chi connectivity index (χ4v) is 6.86. The second-order valence-electron chi connectivity index (χ2n) is 10.2. The van der Waals surface area contributed by atoms with Crippen molar-refractivity contribution in [3.8, 4) is 11.1 Å². The van der Waals surface area contributed by atoms with Gasteiger partial charge in [0.15, 0.2) is 5.43 Å². The van der Waals surface area contributed by atoms with Gasteiger partial charge in [-0.15, -0.1) is 11.3 Å². The van der Waals surface area contributed by atoms with Crippen LogP contribution in [0.2, 0.25) is 0 Å². The fraction of sp³-hybridized carbons (Fsp3) is 0.0882. The zero-order valence-corrected chi connectivity index (χ0v) is 21.5. The molecular weight excluding hydrogens is 470 g/mol. The lowest BCUT2D eigenvalue weighted by atomic mass is 9.73. The van der Waals surface area contributed by atoms with Crippen LogP contribution in [0.4, 0.5) is 17.1 Å². The summed E-state index contributed by atoms with van der Waals surface area (Å²) in [6, 6.07) is 40.1. The highest BCUT2D eigenvalue weighted by Crippen LogP contribution is 2.53. The molecule has 1 aliphatic heterocycles. The van der Waals surface area contributed by atoms with Gasteiger partial charge in [-0.2, -0.15) is 0 Å². The van der Waals surface area contributed by atoms with Crippen molar-refractivity contribution >= 4 is 48.6 Å². The topological polar surface area (TPSA) is 20.3 Å². The van der Waals surface area contributed by atoms with Crippen molar-refractivity contribution in [3.05, 3.63) is 137 Å². The van der Waals surface area contributed by atoms with Gasteiger partial charge in [-0.05, 0) is 59.2 Å². The number of fused-ring (bicyclic) bond motifs is 4. The predicted octanol–water partition coefficient (Wildman–Crippen LogP) is 9.19. The summed E-state index contributed by atoms with van der Waals surface area (Å²) in [7, 11) is 0. The van der Waals surface area contributed by atoms with Crippen LogP contribution in [0.25, 0.3) is 31.3 Å². The molecule has 5 aromatic carbocycles. The van der Waals surface area contributed by atoms with Gasteiger partial charge in [0, 0.05) is 31.2 Å². The highest BCUT2D eigenvalue weighted by Gasteiger charge is 2.36. The van der Waals surface area contributed by atoms with Crippen LogP contribution in [0.15, 0.2) is 120 Å². The molecule has 0 N–H and O–H groups in total. The third-order valence-corrected chi connectivity index (χ3v) is 8.82. The molecule has 0 bridgehead atoms. The molecule has 0 aliphatic carbocycles. The van der Waals surface area contributed by atoms with E-state index >= 15 is 0 Å². The lowest BCUT2D eigenvalue weighted by Gasteiger charge is -2.42. The molecule has 0 spiro atoms. The largest absolute Gasteiger partial charge is 0.309 e. The first-order chi connectivity index (χ1) is 18.0. The maximum Gasteiger partial charge on any atom is 0.195 e. The SMILES string of the molecule is CC1(C)c2ccccc2N(c2ccccc2-c2ccc3sc4ccccc4c(=O)c3c2)c2ccccc21. The molecule has 37 heavy (non-hydrogen) atoms. The van der Waals surface area contributed by atoms with Crippen molar-refractivity contribution in [1.29, 1.82) is 0 Å². The Kier molecular flexibility index (Phi) is 4.85. The van der Waals surface area contributed by atoms with E-state index in [4.69, 9.17) is 0 Å². The Bertz CT molecular complexity index is 1850. The van der Waals surface area contributed by atoms with Crippen molar-refractivity contribution in [2.75, 3.05) is 4.90 Å². The van der Waals surface area contributed by atoms with Gasteiger partial charge in [0.25, 0.3) is 0 Å². The summed E-state index contributed by atoms with van der Waals surface area (Å²) in [6.45, 7) is 4.61. The normalized spacial score (nSPS) is 13.9. The van der Waals surface area contributed by atoms with Crippen LogP contribution in [-0.4, -0.2) is 0 Å². The van der Waals surface area contributed by atoms with Gasteiger partial charge in [-0.1, -0.05) is 86.6 Å². The molecule has 2 nitrogen and oxygen atoms in total. The van der Waals surface area contributed by atoms with E-state index < -0.39 is 0 Å². The quantitative estimate of drug-likeness (QED) is 0.223. The van der Waals surface area contributed by atoms with Crippen LogP contribution in [0.3, 0.4) is 0 Å². The third kappa shape index (κ3) is 3.28. The first-order valence-electron chi connectivity index (χ1n) is 12.6. The molecule has 0 saturated carbocycles. The Morgan fingerprint density at radius 2 is 1.16 bits per heavy atom. The van der Waals surface area contributed by atoms with E-state index in [0.29, 0.717) is 0 Å². The minimum absolute atomic E-state index is 0.0964. The van der Waals surface area contributed by atoms with Gasteiger partial charge in [-0.25, -0.2) is 0 Å². The van der Waals surface area contributed by atoms with Crippen LogP contribution >= 0.6 is 11.3 Å². The number of nitrogens with zero attached hydrogens (tertiary/aromatic N) is 1. The molecule has 3 heteroatoms. The van der Waals surface area contributed by atoms with Crippen molar-refractivity contribution in [1.82, 2.24) is 0 Å². The summed E-state index contributed by atoms with van der Waals surface area (Å²) in [5.74, 6) is 0. The molecule has 1 aromatic heterocycles. The zero-order chi connectivity index (χ0) is 25.1. The molecule has 7 rings (SSSR count). The van der Waals surface area contributed by atoms with Crippen molar-refractivity contribution in [2.45, 2.75) is 19.3 Å². The highest BCUT2D eigenvalue weighted by molar-refractivity contribution is 7.24. The molecule has 2 heterocycles. The molecule has 6 aromatic rings. The Hall–Kier alpha value is -4.21. The van der Waals surface area contributed by atoms with Crippen molar-refractivity contribution in [3.63, 3.8) is 0 Å². The van der Waals surface area contributed by atoms with Gasteiger partial charge in [0.05, 0.1) is 17.1 Å². The molecule has 0 fully saturated rings. The van der Waals surface area contributed by atoms with E-state index in [0.717, 1.165) is 37.0 Å². The van der Waals surface area contributed by atoms with E-state index in [1.165, 1.54) is 22.5 Å². The predicted molar refractivity (Wildman–Crippen MR) is 158 cm³/mol. The van der Waals surface area contributed by atoms with E-state index in [-0.39, 0.29) is 10.8 Å². The summed E-state index contributed by atoms with van der Waals surface area (Å²) < 4.78 is 2.04. The monoisotopic (exact) mass is 495 g/mol. The Labute approximate surface area is 220 Å². The second-order valence-corrected chi connectivity index (χ2v) is 11.2. The van der Waals surface area contributed by atoms with Crippen molar-refractivity contribution in [2.24, 2.45) is 0 Å². The van der Waals surface area contributed by atoms with Gasteiger partial charge < -0.3 is 4.90 Å². The lowest BCUT2D eigenvalue weighted by molar-refractivity contribution is 0.632. The molecule has 0 amide bonds. The summed E-state index contributed by atoms with van der Waals surface area (Å²) in [5.41, 5.74) is 8.23. The first-order valence-corrected chi connectivity index (χ1v) is 13.4. The lowest BCUT2D eigenvalue weighted by Crippen LogP contribution is -2.30. The molecule has 1 aliphatic rings. The maximum absolute atomic E-state index is 13.5. The van der Waals surface area contributed by atoms with Crippen LogP contribution in [0, 0.1) is 0 Å². The smallest absolute Gasteiger partial charge is 0.195 e. The summed E-state index contributed by atoms with van der Waals surface area (Å²) in [5, 5.41) is 1.56. The van der Waals surface area contributed by atoms with Gasteiger partial charge in [-0.3, -0.25) is 4.79 Å². The van der Waals surface area contributed by atoms with Gasteiger partial charge in [0.1, 0.15) is 0 Å². The van der Waals surface area contributed by atoms with E-state index in [2.05, 4.69) is 110 Å². The number of para-hydroxylation sites is 3. The first kappa shape index (κ1) is 22.0. The summed E-state index contributed by atoms with van der Waals surface area (Å²) in [6.07, 6.45) is 0. The Morgan fingerprint density at radius 1 is 0.595 bits per heavy atom. The number of hydrogen-bond acceptors (Lipinski definition) is 3. The second kappa shape index (κ2) is 8.16. The average molecular weight is 496 g/mol. The maximum atomic E-state index is 13.5. The Balaban J connectivity index is 1.48. The summed E-state index contributed by atoms with van der Waals surface area (Å²) >= 11 is 1.67. The van der Waals surface area contributed by atoms with Crippen LogP contribution in [0.1, 0.15) is 25.0 Å². The Morgan fingerprint density at radius 3 is 1.89 bits per heavy atom. The highest BCUT2D eigenvalue weighted by atomic mass is 32.1. The number of anilines is 3. The van der Waals surface area contributed by atoms with E-state index in [1.807, 2.05) is 24.3 Å². The average Bonchev–Trinajstić information content (AvgIpc) is 2.94. The standard InChI is InChI=1S/C34H25NOS/c1-34(2)26-13-5-8-16-29(26)35(30-17-9-6-14-27(30)34)28-15-7-3-11-23(28)22-19-20-32-25(21-22)33(36)24-12-4-10-18-31(24)37-32/h3-21H,1-2H3. The molecule has 0 saturated heterocycles. The number of benzene rings is 5. The van der Waals surface area contributed by atoms with Crippen LogP contribution in [-0.2, 0) is 5.41 Å².